The largest absolute Gasteiger partial charge is 0.493 e. The molecule has 0 fully saturated rings. The molecule has 0 bridgehead atoms. The molecule has 2 N–H and O–H groups in total. The lowest BCUT2D eigenvalue weighted by molar-refractivity contribution is 0.319. The molecule has 0 aliphatic rings. The van der Waals surface area contributed by atoms with E-state index in [1.54, 1.807) is 0 Å². The Kier molecular flexibility index (Phi) is 9.55. The third-order valence-corrected chi connectivity index (χ3v) is 15.5. The molecule has 0 atom stereocenters. The van der Waals surface area contributed by atoms with Gasteiger partial charge < -0.3 is 10.5 Å². The first-order valence-electron chi connectivity index (χ1n) is 10.6. The van der Waals surface area contributed by atoms with Crippen LogP contribution in [0.25, 0.3) is 0 Å². The van der Waals surface area contributed by atoms with Crippen LogP contribution in [0.3, 0.4) is 0 Å². The molecular formula is C23H36N2OSSi. The van der Waals surface area contributed by atoms with E-state index in [9.17, 15) is 0 Å². The van der Waals surface area contributed by atoms with Gasteiger partial charge in [0, 0.05) is 23.6 Å². The highest BCUT2D eigenvalue weighted by molar-refractivity contribution is 8.29. The molecule has 0 aliphatic heterocycles. The standard InChI is InChI=1S/C23H36N2OSSi/c1-5-15-28(16-6-2,19(3)4)27-23-12-8-11-22(17-23)26-14-13-20-9-7-10-21(18-24)25-20/h7-12,17,19H,5-6,13-16,18,24H2,1-4H3. The van der Waals surface area contributed by atoms with Crippen molar-refractivity contribution < 1.29 is 4.74 Å². The summed E-state index contributed by atoms with van der Waals surface area (Å²) in [6.07, 6.45) is 3.35. The predicted octanol–water partition coefficient (Wildman–Crippen LogP) is 6.43. The quantitative estimate of drug-likeness (QED) is 0.405. The second kappa shape index (κ2) is 11.6. The van der Waals surface area contributed by atoms with Gasteiger partial charge in [0.05, 0.1) is 12.3 Å². The van der Waals surface area contributed by atoms with E-state index in [1.165, 1.54) is 29.8 Å². The predicted molar refractivity (Wildman–Crippen MR) is 125 cm³/mol. The third-order valence-electron chi connectivity index (χ3n) is 5.23. The van der Waals surface area contributed by atoms with Gasteiger partial charge in [-0.3, -0.25) is 4.98 Å². The first kappa shape index (κ1) is 23.0. The van der Waals surface area contributed by atoms with E-state index >= 15 is 0 Å². The van der Waals surface area contributed by atoms with E-state index in [2.05, 4.69) is 68.2 Å². The van der Waals surface area contributed by atoms with Crippen molar-refractivity contribution in [2.45, 2.75) is 76.0 Å². The van der Waals surface area contributed by atoms with Crippen LogP contribution in [-0.2, 0) is 13.0 Å². The highest BCUT2D eigenvalue weighted by Gasteiger charge is 2.36. The third kappa shape index (κ3) is 6.64. The maximum absolute atomic E-state index is 6.05. The van der Waals surface area contributed by atoms with E-state index in [0.29, 0.717) is 13.2 Å². The van der Waals surface area contributed by atoms with Crippen LogP contribution in [-0.4, -0.2) is 18.8 Å². The lowest BCUT2D eigenvalue weighted by Gasteiger charge is -2.34. The molecule has 3 nitrogen and oxygen atoms in total. The zero-order valence-corrected chi connectivity index (χ0v) is 19.7. The Morgan fingerprint density at radius 1 is 1.04 bits per heavy atom. The van der Waals surface area contributed by atoms with Gasteiger partial charge in [0.25, 0.3) is 0 Å². The monoisotopic (exact) mass is 416 g/mol. The molecule has 1 aromatic carbocycles. The summed E-state index contributed by atoms with van der Waals surface area (Å²) < 4.78 is 6.05. The number of nitrogens with two attached hydrogens (primary N) is 1. The average molecular weight is 417 g/mol. The van der Waals surface area contributed by atoms with E-state index in [-0.39, 0.29) is 0 Å². The Balaban J connectivity index is 2.02. The van der Waals surface area contributed by atoms with Gasteiger partial charge in [0.15, 0.2) is 0 Å². The minimum absolute atomic E-state index is 0.477. The van der Waals surface area contributed by atoms with Crippen molar-refractivity contribution in [1.29, 1.82) is 0 Å². The van der Waals surface area contributed by atoms with Crippen molar-refractivity contribution in [2.24, 2.45) is 5.73 Å². The van der Waals surface area contributed by atoms with Crippen LogP contribution in [0.4, 0.5) is 0 Å². The number of hydrogen-bond acceptors (Lipinski definition) is 4. The number of pyridine rings is 1. The topological polar surface area (TPSA) is 48.1 Å². The van der Waals surface area contributed by atoms with Crippen molar-refractivity contribution in [3.8, 4) is 5.75 Å². The molecule has 2 aromatic rings. The molecule has 0 saturated carbocycles. The number of aromatic nitrogens is 1. The molecule has 5 heteroatoms. The summed E-state index contributed by atoms with van der Waals surface area (Å²) in [7, 11) is -1.39. The molecule has 0 unspecified atom stereocenters. The molecule has 154 valence electrons. The average Bonchev–Trinajstić information content (AvgIpc) is 2.68. The lowest BCUT2D eigenvalue weighted by atomic mass is 10.2. The fourth-order valence-corrected chi connectivity index (χ4v) is 12.3. The lowest BCUT2D eigenvalue weighted by Crippen LogP contribution is -2.33. The Labute approximate surface area is 176 Å². The van der Waals surface area contributed by atoms with Crippen LogP contribution in [0.15, 0.2) is 47.4 Å². The number of rotatable bonds is 12. The fraction of sp³-hybridized carbons (Fsp3) is 0.522. The molecule has 0 aliphatic carbocycles. The summed E-state index contributed by atoms with van der Waals surface area (Å²) in [6.45, 7) is 10.6. The molecule has 28 heavy (non-hydrogen) atoms. The summed E-state index contributed by atoms with van der Waals surface area (Å²) in [5.41, 5.74) is 8.42. The van der Waals surface area contributed by atoms with Crippen molar-refractivity contribution in [1.82, 2.24) is 4.98 Å². The number of ether oxygens (including phenoxy) is 1. The maximum atomic E-state index is 6.05. The highest BCUT2D eigenvalue weighted by Crippen LogP contribution is 2.45. The van der Waals surface area contributed by atoms with Gasteiger partial charge in [-0.25, -0.2) is 0 Å². The molecule has 0 radical (unpaired) electrons. The Bertz CT molecular complexity index is 717. The first-order chi connectivity index (χ1) is 13.5. The second-order valence-electron chi connectivity index (χ2n) is 7.72. The SMILES string of the molecule is CCC[Si](CCC)(Sc1cccc(OCCc2cccc(CN)n2)c1)C(C)C. The summed E-state index contributed by atoms with van der Waals surface area (Å²) in [5.74, 6) is 0.958. The zero-order chi connectivity index (χ0) is 20.4. The van der Waals surface area contributed by atoms with Crippen LogP contribution >= 0.6 is 11.2 Å². The highest BCUT2D eigenvalue weighted by atomic mass is 32.4. The van der Waals surface area contributed by atoms with E-state index in [1.807, 2.05) is 18.2 Å². The molecule has 0 amide bonds. The van der Waals surface area contributed by atoms with Crippen molar-refractivity contribution in [3.63, 3.8) is 0 Å². The van der Waals surface area contributed by atoms with Crippen molar-refractivity contribution in [2.75, 3.05) is 6.61 Å². The Hall–Kier alpha value is -1.30. The van der Waals surface area contributed by atoms with Gasteiger partial charge in [0.1, 0.15) is 13.0 Å². The minimum atomic E-state index is -1.39. The molecular weight excluding hydrogens is 380 g/mol. The van der Waals surface area contributed by atoms with Crippen LogP contribution < -0.4 is 10.5 Å². The summed E-state index contributed by atoms with van der Waals surface area (Å²) in [6, 6.07) is 17.4. The summed E-state index contributed by atoms with van der Waals surface area (Å²) >= 11 is 2.18. The zero-order valence-electron chi connectivity index (χ0n) is 17.9. The van der Waals surface area contributed by atoms with Crippen LogP contribution in [0.1, 0.15) is 51.9 Å². The van der Waals surface area contributed by atoms with Crippen LogP contribution in [0.2, 0.25) is 17.6 Å². The van der Waals surface area contributed by atoms with Crippen LogP contribution in [0.5, 0.6) is 5.75 Å². The molecule has 1 heterocycles. The first-order valence-corrected chi connectivity index (χ1v) is 14.6. The van der Waals surface area contributed by atoms with Gasteiger partial charge in [-0.2, -0.15) is 11.2 Å². The van der Waals surface area contributed by atoms with Crippen LogP contribution in [0, 0.1) is 0 Å². The fourth-order valence-electron chi connectivity index (χ4n) is 3.69. The van der Waals surface area contributed by atoms with E-state index < -0.39 is 7.22 Å². The van der Waals surface area contributed by atoms with E-state index in [4.69, 9.17) is 10.5 Å². The smallest absolute Gasteiger partial charge is 0.126 e. The van der Waals surface area contributed by atoms with Gasteiger partial charge in [-0.05, 0) is 48.0 Å². The van der Waals surface area contributed by atoms with Gasteiger partial charge in [-0.15, -0.1) is 0 Å². The van der Waals surface area contributed by atoms with Gasteiger partial charge >= 0.3 is 0 Å². The minimum Gasteiger partial charge on any atom is -0.493 e. The van der Waals surface area contributed by atoms with Crippen molar-refractivity contribution in [3.05, 3.63) is 53.9 Å². The normalized spacial score (nSPS) is 11.8. The van der Waals surface area contributed by atoms with Crippen molar-refractivity contribution >= 4 is 18.4 Å². The maximum Gasteiger partial charge on any atom is 0.126 e. The second-order valence-corrected chi connectivity index (χ2v) is 15.7. The Morgan fingerprint density at radius 3 is 2.36 bits per heavy atom. The van der Waals surface area contributed by atoms with Gasteiger partial charge in [-0.1, -0.05) is 52.7 Å². The molecule has 1 aromatic heterocycles. The van der Waals surface area contributed by atoms with E-state index in [0.717, 1.165) is 29.1 Å². The number of nitrogens with zero attached hydrogens (tertiary/aromatic N) is 1. The van der Waals surface area contributed by atoms with Gasteiger partial charge in [0.2, 0.25) is 0 Å². The molecule has 0 spiro atoms. The number of benzene rings is 1. The number of hydrogen-bond donors (Lipinski definition) is 1. The molecule has 2 rings (SSSR count). The summed E-state index contributed by atoms with van der Waals surface area (Å²) in [5, 5.41) is 0. The summed E-state index contributed by atoms with van der Waals surface area (Å²) in [4.78, 5) is 5.91. The molecule has 0 saturated heterocycles. The Morgan fingerprint density at radius 2 is 1.71 bits per heavy atom.